The molecule has 0 radical (unpaired) electrons. The van der Waals surface area contributed by atoms with Crippen LogP contribution in [0.4, 0.5) is 0 Å². The van der Waals surface area contributed by atoms with Gasteiger partial charge in [-0.2, -0.15) is 0 Å². The van der Waals surface area contributed by atoms with Gasteiger partial charge in [-0.3, -0.25) is 4.79 Å². The van der Waals surface area contributed by atoms with E-state index in [0.29, 0.717) is 30.5 Å². The van der Waals surface area contributed by atoms with Gasteiger partial charge < -0.3 is 14.4 Å². The van der Waals surface area contributed by atoms with E-state index in [9.17, 15) is 4.79 Å². The molecule has 1 aliphatic heterocycles. The van der Waals surface area contributed by atoms with E-state index in [1.807, 2.05) is 29.2 Å². The first-order valence-electron chi connectivity index (χ1n) is 9.46. The predicted octanol–water partition coefficient (Wildman–Crippen LogP) is 3.64. The van der Waals surface area contributed by atoms with E-state index >= 15 is 0 Å². The normalized spacial score (nSPS) is 14.6. The minimum Gasteiger partial charge on any atom is -0.496 e. The second kappa shape index (κ2) is 8.57. The van der Waals surface area contributed by atoms with Crippen molar-refractivity contribution in [3.05, 3.63) is 53.2 Å². The van der Waals surface area contributed by atoms with E-state index < -0.39 is 0 Å². The number of likely N-dealkylation sites (tertiary alicyclic amines) is 1. The summed E-state index contributed by atoms with van der Waals surface area (Å²) in [6.45, 7) is 1.34. The van der Waals surface area contributed by atoms with E-state index in [1.54, 1.807) is 36.8 Å². The maximum atomic E-state index is 12.8. The fourth-order valence-electron chi connectivity index (χ4n) is 3.55. The molecule has 3 heterocycles. The smallest absolute Gasteiger partial charge is 0.259 e. The van der Waals surface area contributed by atoms with Gasteiger partial charge in [-0.05, 0) is 37.1 Å². The lowest BCUT2D eigenvalue weighted by Gasteiger charge is -2.31. The van der Waals surface area contributed by atoms with Gasteiger partial charge in [-0.25, -0.2) is 4.98 Å². The number of rotatable bonds is 5. The van der Waals surface area contributed by atoms with Crippen LogP contribution < -0.4 is 9.47 Å². The highest BCUT2D eigenvalue weighted by Gasteiger charge is 2.28. The molecule has 1 fully saturated rings. The number of aromatic nitrogens is 3. The fourth-order valence-corrected chi connectivity index (χ4v) is 4.59. The monoisotopic (exact) mass is 410 g/mol. The standard InChI is InChI=1S/C21H22N4O3S/c1-27-17-8-4-3-6-15(17)20-24-23-19(29-20)14-9-12-25(13-10-14)21(26)16-7-5-11-22-18(16)28-2/h3-8,11,14H,9-10,12-13H2,1-2H3. The quantitative estimate of drug-likeness (QED) is 0.639. The molecular weight excluding hydrogens is 388 g/mol. The van der Waals surface area contributed by atoms with Crippen LogP contribution in [0.1, 0.15) is 34.1 Å². The van der Waals surface area contributed by atoms with Crippen LogP contribution in [0.2, 0.25) is 0 Å². The number of benzene rings is 1. The number of hydrogen-bond donors (Lipinski definition) is 0. The summed E-state index contributed by atoms with van der Waals surface area (Å²) in [5.74, 6) is 1.42. The van der Waals surface area contributed by atoms with Gasteiger partial charge in [0.15, 0.2) is 5.01 Å². The lowest BCUT2D eigenvalue weighted by molar-refractivity contribution is 0.0708. The zero-order valence-corrected chi connectivity index (χ0v) is 17.2. The third-order valence-corrected chi connectivity index (χ3v) is 6.22. The largest absolute Gasteiger partial charge is 0.496 e. The highest BCUT2D eigenvalue weighted by molar-refractivity contribution is 7.14. The van der Waals surface area contributed by atoms with Crippen molar-refractivity contribution in [3.63, 3.8) is 0 Å². The minimum absolute atomic E-state index is 0.0413. The van der Waals surface area contributed by atoms with Crippen molar-refractivity contribution in [2.45, 2.75) is 18.8 Å². The molecule has 150 valence electrons. The predicted molar refractivity (Wildman–Crippen MR) is 111 cm³/mol. The minimum atomic E-state index is -0.0413. The number of pyridine rings is 1. The Bertz CT molecular complexity index is 999. The Balaban J connectivity index is 1.44. The van der Waals surface area contributed by atoms with Crippen LogP contribution in [0.5, 0.6) is 11.6 Å². The second-order valence-electron chi connectivity index (χ2n) is 6.77. The molecule has 1 aliphatic rings. The Morgan fingerprint density at radius 1 is 1.07 bits per heavy atom. The van der Waals surface area contributed by atoms with E-state index in [4.69, 9.17) is 9.47 Å². The molecule has 0 N–H and O–H groups in total. The second-order valence-corrected chi connectivity index (χ2v) is 7.78. The van der Waals surface area contributed by atoms with Crippen molar-refractivity contribution in [1.29, 1.82) is 0 Å². The van der Waals surface area contributed by atoms with Gasteiger partial charge in [-0.1, -0.05) is 23.5 Å². The average Bonchev–Trinajstić information content (AvgIpc) is 3.28. The Kier molecular flexibility index (Phi) is 5.71. The van der Waals surface area contributed by atoms with Crippen LogP contribution in [0.15, 0.2) is 42.6 Å². The highest BCUT2D eigenvalue weighted by Crippen LogP contribution is 2.37. The molecule has 2 aromatic heterocycles. The Morgan fingerprint density at radius 3 is 2.62 bits per heavy atom. The van der Waals surface area contributed by atoms with Crippen LogP contribution in [-0.2, 0) is 0 Å². The van der Waals surface area contributed by atoms with Crippen LogP contribution in [-0.4, -0.2) is 53.3 Å². The maximum Gasteiger partial charge on any atom is 0.259 e. The summed E-state index contributed by atoms with van der Waals surface area (Å²) >= 11 is 1.60. The number of amides is 1. The molecule has 1 amide bonds. The summed E-state index contributed by atoms with van der Waals surface area (Å²) < 4.78 is 10.7. The van der Waals surface area contributed by atoms with E-state index in [1.165, 1.54) is 7.11 Å². The molecule has 0 atom stereocenters. The number of hydrogen-bond acceptors (Lipinski definition) is 7. The third-order valence-electron chi connectivity index (χ3n) is 5.10. The Labute approximate surface area is 173 Å². The van der Waals surface area contributed by atoms with Crippen molar-refractivity contribution in [3.8, 4) is 22.2 Å². The first kappa shape index (κ1) is 19.3. The molecule has 7 nitrogen and oxygen atoms in total. The van der Waals surface area contributed by atoms with E-state index in [2.05, 4.69) is 15.2 Å². The summed E-state index contributed by atoms with van der Waals surface area (Å²) in [6, 6.07) is 11.3. The maximum absolute atomic E-state index is 12.8. The number of ether oxygens (including phenoxy) is 2. The summed E-state index contributed by atoms with van der Waals surface area (Å²) in [6.07, 6.45) is 3.33. The number of methoxy groups -OCH3 is 2. The number of carbonyl (C=O) groups is 1. The lowest BCUT2D eigenvalue weighted by Crippen LogP contribution is -2.38. The molecule has 0 aliphatic carbocycles. The van der Waals surface area contributed by atoms with Crippen LogP contribution in [0, 0.1) is 0 Å². The Hall–Kier alpha value is -3.00. The molecule has 0 saturated carbocycles. The van der Waals surface area contributed by atoms with Gasteiger partial charge in [-0.15, -0.1) is 10.2 Å². The first-order valence-corrected chi connectivity index (χ1v) is 10.3. The van der Waals surface area contributed by atoms with Gasteiger partial charge in [0, 0.05) is 25.2 Å². The first-order chi connectivity index (χ1) is 14.2. The van der Waals surface area contributed by atoms with E-state index in [0.717, 1.165) is 34.2 Å². The van der Waals surface area contributed by atoms with Crippen molar-refractivity contribution < 1.29 is 14.3 Å². The van der Waals surface area contributed by atoms with Gasteiger partial charge in [0.2, 0.25) is 5.88 Å². The van der Waals surface area contributed by atoms with E-state index in [-0.39, 0.29) is 5.91 Å². The molecule has 1 saturated heterocycles. The zero-order chi connectivity index (χ0) is 20.2. The van der Waals surface area contributed by atoms with Crippen LogP contribution in [0.3, 0.4) is 0 Å². The molecule has 8 heteroatoms. The topological polar surface area (TPSA) is 77.4 Å². The highest BCUT2D eigenvalue weighted by atomic mass is 32.1. The van der Waals surface area contributed by atoms with Gasteiger partial charge in [0.1, 0.15) is 16.3 Å². The summed E-state index contributed by atoms with van der Waals surface area (Å²) in [5, 5.41) is 10.7. The van der Waals surface area contributed by atoms with Crippen molar-refractivity contribution in [2.75, 3.05) is 27.3 Å². The molecule has 29 heavy (non-hydrogen) atoms. The average molecular weight is 410 g/mol. The van der Waals surface area contributed by atoms with Gasteiger partial charge in [0.25, 0.3) is 5.91 Å². The van der Waals surface area contributed by atoms with Crippen LogP contribution in [0.25, 0.3) is 10.6 Å². The lowest BCUT2D eigenvalue weighted by atomic mass is 9.97. The molecule has 0 spiro atoms. The van der Waals surface area contributed by atoms with Gasteiger partial charge >= 0.3 is 0 Å². The number of carbonyl (C=O) groups excluding carboxylic acids is 1. The molecule has 1 aromatic carbocycles. The van der Waals surface area contributed by atoms with Crippen LogP contribution >= 0.6 is 11.3 Å². The molecule has 0 unspecified atom stereocenters. The number of para-hydroxylation sites is 1. The third kappa shape index (κ3) is 3.93. The SMILES string of the molecule is COc1ccccc1-c1nnc(C2CCN(C(=O)c3cccnc3OC)CC2)s1. The summed E-state index contributed by atoms with van der Waals surface area (Å²) in [5.41, 5.74) is 1.46. The van der Waals surface area contributed by atoms with Crippen molar-refractivity contribution in [1.82, 2.24) is 20.1 Å². The molecule has 3 aromatic rings. The van der Waals surface area contributed by atoms with Gasteiger partial charge in [0.05, 0.1) is 19.8 Å². The Morgan fingerprint density at radius 2 is 1.86 bits per heavy atom. The fraction of sp³-hybridized carbons (Fsp3) is 0.333. The number of piperidine rings is 1. The molecule has 4 rings (SSSR count). The summed E-state index contributed by atoms with van der Waals surface area (Å²) in [4.78, 5) is 18.8. The van der Waals surface area contributed by atoms with Crippen molar-refractivity contribution >= 4 is 17.2 Å². The molecular formula is C21H22N4O3S. The van der Waals surface area contributed by atoms with Crippen molar-refractivity contribution in [2.24, 2.45) is 0 Å². The zero-order valence-electron chi connectivity index (χ0n) is 16.4. The number of nitrogens with zero attached hydrogens (tertiary/aromatic N) is 4. The summed E-state index contributed by atoms with van der Waals surface area (Å²) in [7, 11) is 3.19. The molecule has 0 bridgehead atoms.